The van der Waals surface area contributed by atoms with Crippen molar-refractivity contribution in [1.29, 1.82) is 0 Å². The topological polar surface area (TPSA) is 49.3 Å². The van der Waals surface area contributed by atoms with Crippen molar-refractivity contribution in [3.05, 3.63) is 34.3 Å². The van der Waals surface area contributed by atoms with E-state index in [1.54, 1.807) is 0 Å². The first kappa shape index (κ1) is 15.5. The molecule has 1 atom stereocenters. The van der Waals surface area contributed by atoms with Crippen LogP contribution in [0.5, 0.6) is 0 Å². The van der Waals surface area contributed by atoms with Gasteiger partial charge in [0.15, 0.2) is 0 Å². The second-order valence-corrected chi connectivity index (χ2v) is 6.50. The van der Waals surface area contributed by atoms with Crippen molar-refractivity contribution in [2.24, 2.45) is 5.92 Å². The number of hydrogen-bond donors (Lipinski definition) is 2. The number of aliphatic hydroxyl groups excluding tert-OH is 1. The second kappa shape index (κ2) is 6.72. The molecule has 0 radical (unpaired) electrons. The molecule has 1 fully saturated rings. The van der Waals surface area contributed by atoms with Crippen LogP contribution in [0.25, 0.3) is 0 Å². The molecule has 1 saturated carbocycles. The van der Waals surface area contributed by atoms with Crippen LogP contribution in [0.1, 0.15) is 38.2 Å². The molecule has 0 aromatic heterocycles. The molecule has 1 unspecified atom stereocenters. The SMILES string of the molecule is CCC(CCO)CNC(=O)C1(c2ccc(Br)cc2)CC1. The molecule has 20 heavy (non-hydrogen) atoms. The standard InChI is InChI=1S/C16H22BrNO2/c1-2-12(7-10-19)11-18-15(20)16(8-9-16)13-3-5-14(17)6-4-13/h3-6,12,19H,2,7-11H2,1H3,(H,18,20). The maximum atomic E-state index is 12.5. The first-order chi connectivity index (χ1) is 9.62. The van der Waals surface area contributed by atoms with Crippen molar-refractivity contribution in [2.75, 3.05) is 13.2 Å². The Balaban J connectivity index is 1.96. The van der Waals surface area contributed by atoms with E-state index in [1.807, 2.05) is 24.3 Å². The van der Waals surface area contributed by atoms with E-state index in [4.69, 9.17) is 5.11 Å². The summed E-state index contributed by atoms with van der Waals surface area (Å²) in [4.78, 5) is 12.5. The van der Waals surface area contributed by atoms with Gasteiger partial charge in [0, 0.05) is 17.6 Å². The van der Waals surface area contributed by atoms with E-state index in [-0.39, 0.29) is 17.9 Å². The van der Waals surface area contributed by atoms with Gasteiger partial charge in [-0.2, -0.15) is 0 Å². The van der Waals surface area contributed by atoms with Gasteiger partial charge in [0.1, 0.15) is 0 Å². The Morgan fingerprint density at radius 2 is 2.05 bits per heavy atom. The maximum Gasteiger partial charge on any atom is 0.230 e. The molecule has 3 nitrogen and oxygen atoms in total. The van der Waals surface area contributed by atoms with Crippen LogP contribution >= 0.6 is 15.9 Å². The molecule has 1 aromatic rings. The second-order valence-electron chi connectivity index (χ2n) is 5.59. The molecule has 1 aliphatic carbocycles. The van der Waals surface area contributed by atoms with Crippen molar-refractivity contribution in [2.45, 2.75) is 38.0 Å². The molecule has 2 N–H and O–H groups in total. The Morgan fingerprint density at radius 3 is 2.55 bits per heavy atom. The van der Waals surface area contributed by atoms with E-state index in [9.17, 15) is 4.79 Å². The highest BCUT2D eigenvalue weighted by Gasteiger charge is 2.51. The summed E-state index contributed by atoms with van der Waals surface area (Å²) in [5.74, 6) is 0.501. The van der Waals surface area contributed by atoms with Crippen LogP contribution in [0.2, 0.25) is 0 Å². The summed E-state index contributed by atoms with van der Waals surface area (Å²) in [5, 5.41) is 12.1. The van der Waals surface area contributed by atoms with E-state index in [1.165, 1.54) is 0 Å². The fraction of sp³-hybridized carbons (Fsp3) is 0.562. The van der Waals surface area contributed by atoms with Crippen LogP contribution in [0.15, 0.2) is 28.7 Å². The Hall–Kier alpha value is -0.870. The smallest absolute Gasteiger partial charge is 0.230 e. The highest BCUT2D eigenvalue weighted by molar-refractivity contribution is 9.10. The van der Waals surface area contributed by atoms with Crippen LogP contribution in [0, 0.1) is 5.92 Å². The number of benzene rings is 1. The summed E-state index contributed by atoms with van der Waals surface area (Å²) in [7, 11) is 0. The summed E-state index contributed by atoms with van der Waals surface area (Å²) in [5.41, 5.74) is 0.798. The molecule has 1 aromatic carbocycles. The minimum Gasteiger partial charge on any atom is -0.396 e. The van der Waals surface area contributed by atoms with Gasteiger partial charge < -0.3 is 10.4 Å². The molecular weight excluding hydrogens is 318 g/mol. The average Bonchev–Trinajstić information content (AvgIpc) is 3.25. The molecule has 2 rings (SSSR count). The van der Waals surface area contributed by atoms with Gasteiger partial charge in [0.2, 0.25) is 5.91 Å². The minimum absolute atomic E-state index is 0.135. The van der Waals surface area contributed by atoms with Gasteiger partial charge in [0.25, 0.3) is 0 Å². The lowest BCUT2D eigenvalue weighted by Crippen LogP contribution is -2.37. The van der Waals surface area contributed by atoms with E-state index in [0.29, 0.717) is 12.5 Å². The molecule has 0 heterocycles. The third kappa shape index (κ3) is 3.41. The lowest BCUT2D eigenvalue weighted by atomic mass is 9.94. The van der Waals surface area contributed by atoms with E-state index in [0.717, 1.165) is 35.7 Å². The highest BCUT2D eigenvalue weighted by atomic mass is 79.9. The first-order valence-corrected chi connectivity index (χ1v) is 8.07. The Kier molecular flexibility index (Phi) is 5.22. The van der Waals surface area contributed by atoms with Gasteiger partial charge in [-0.05, 0) is 42.9 Å². The third-order valence-corrected chi connectivity index (χ3v) is 4.78. The zero-order valence-corrected chi connectivity index (χ0v) is 13.4. The zero-order chi connectivity index (χ0) is 14.6. The summed E-state index contributed by atoms with van der Waals surface area (Å²) < 4.78 is 1.03. The fourth-order valence-electron chi connectivity index (χ4n) is 2.58. The lowest BCUT2D eigenvalue weighted by Gasteiger charge is -2.19. The van der Waals surface area contributed by atoms with Crippen LogP contribution < -0.4 is 5.32 Å². The van der Waals surface area contributed by atoms with Crippen molar-refractivity contribution in [3.8, 4) is 0 Å². The molecular formula is C16H22BrNO2. The van der Waals surface area contributed by atoms with Crippen LogP contribution in [-0.2, 0) is 10.2 Å². The molecule has 0 saturated heterocycles. The quantitative estimate of drug-likeness (QED) is 0.802. The first-order valence-electron chi connectivity index (χ1n) is 7.27. The van der Waals surface area contributed by atoms with Gasteiger partial charge in [0.05, 0.1) is 5.41 Å². The number of rotatable bonds is 7. The summed E-state index contributed by atoms with van der Waals surface area (Å²) in [6.45, 7) is 2.94. The predicted molar refractivity (Wildman–Crippen MR) is 83.5 cm³/mol. The van der Waals surface area contributed by atoms with Gasteiger partial charge in [-0.15, -0.1) is 0 Å². The number of amides is 1. The molecule has 1 aliphatic rings. The molecule has 110 valence electrons. The third-order valence-electron chi connectivity index (χ3n) is 4.25. The zero-order valence-electron chi connectivity index (χ0n) is 11.9. The number of aliphatic hydroxyl groups is 1. The number of halogens is 1. The van der Waals surface area contributed by atoms with E-state index >= 15 is 0 Å². The van der Waals surface area contributed by atoms with E-state index < -0.39 is 0 Å². The molecule has 0 spiro atoms. The Morgan fingerprint density at radius 1 is 1.40 bits per heavy atom. The Labute approximate surface area is 128 Å². The van der Waals surface area contributed by atoms with Crippen LogP contribution in [0.4, 0.5) is 0 Å². The maximum absolute atomic E-state index is 12.5. The molecule has 1 amide bonds. The summed E-state index contributed by atoms with van der Waals surface area (Å²) in [6, 6.07) is 8.04. The van der Waals surface area contributed by atoms with Gasteiger partial charge >= 0.3 is 0 Å². The largest absolute Gasteiger partial charge is 0.396 e. The monoisotopic (exact) mass is 339 g/mol. The molecule has 4 heteroatoms. The Bertz CT molecular complexity index is 454. The minimum atomic E-state index is -0.307. The fourth-order valence-corrected chi connectivity index (χ4v) is 2.84. The number of hydrogen-bond acceptors (Lipinski definition) is 2. The summed E-state index contributed by atoms with van der Waals surface area (Å²) >= 11 is 3.42. The van der Waals surface area contributed by atoms with Gasteiger partial charge in [-0.3, -0.25) is 4.79 Å². The summed E-state index contributed by atoms with van der Waals surface area (Å²) in [6.07, 6.45) is 3.59. The lowest BCUT2D eigenvalue weighted by molar-refractivity contribution is -0.123. The van der Waals surface area contributed by atoms with Crippen molar-refractivity contribution >= 4 is 21.8 Å². The number of carbonyl (C=O) groups excluding carboxylic acids is 1. The number of nitrogens with one attached hydrogen (secondary N) is 1. The van der Waals surface area contributed by atoms with Crippen LogP contribution in [0.3, 0.4) is 0 Å². The van der Waals surface area contributed by atoms with Crippen molar-refractivity contribution in [1.82, 2.24) is 5.32 Å². The predicted octanol–water partition coefficient (Wildman–Crippen LogP) is 3.01. The molecule has 0 bridgehead atoms. The molecule has 0 aliphatic heterocycles. The average molecular weight is 340 g/mol. The van der Waals surface area contributed by atoms with Crippen LogP contribution in [-0.4, -0.2) is 24.2 Å². The van der Waals surface area contributed by atoms with Crippen molar-refractivity contribution in [3.63, 3.8) is 0 Å². The van der Waals surface area contributed by atoms with Crippen molar-refractivity contribution < 1.29 is 9.90 Å². The normalized spacial score (nSPS) is 17.6. The van der Waals surface area contributed by atoms with E-state index in [2.05, 4.69) is 28.2 Å². The number of carbonyl (C=O) groups is 1. The van der Waals surface area contributed by atoms with Gasteiger partial charge in [-0.1, -0.05) is 41.4 Å². The van der Waals surface area contributed by atoms with Gasteiger partial charge in [-0.25, -0.2) is 0 Å². The highest BCUT2D eigenvalue weighted by Crippen LogP contribution is 2.48.